The maximum absolute atomic E-state index is 5.37. The molecule has 3 nitrogen and oxygen atoms in total. The Kier molecular flexibility index (Phi) is 3.57. The van der Waals surface area contributed by atoms with E-state index in [1.165, 1.54) is 5.56 Å². The fraction of sp³-hybridized carbons (Fsp3) is 0.462. The maximum atomic E-state index is 5.37. The standard InChI is InChI=1S/C13H18N2O/c1-10(14-2)4-3-5-11-8-12-6-7-16-13(12)15-9-11/h3,5,8-10,14H,4,6-7H2,1-2H3/b5-3+. The minimum absolute atomic E-state index is 0.516. The van der Waals surface area contributed by atoms with Gasteiger partial charge in [-0.25, -0.2) is 4.98 Å². The topological polar surface area (TPSA) is 34.2 Å². The van der Waals surface area contributed by atoms with Crippen molar-refractivity contribution in [2.75, 3.05) is 13.7 Å². The van der Waals surface area contributed by atoms with E-state index >= 15 is 0 Å². The Morgan fingerprint density at radius 2 is 2.50 bits per heavy atom. The van der Waals surface area contributed by atoms with Gasteiger partial charge in [0.1, 0.15) is 0 Å². The van der Waals surface area contributed by atoms with Crippen LogP contribution in [0.2, 0.25) is 0 Å². The molecule has 0 fully saturated rings. The molecule has 1 aliphatic heterocycles. The zero-order chi connectivity index (χ0) is 11.4. The van der Waals surface area contributed by atoms with E-state index in [1.807, 2.05) is 13.2 Å². The molecule has 0 saturated heterocycles. The van der Waals surface area contributed by atoms with Crippen LogP contribution in [-0.4, -0.2) is 24.7 Å². The fourth-order valence-electron chi connectivity index (χ4n) is 1.70. The van der Waals surface area contributed by atoms with Gasteiger partial charge in [-0.3, -0.25) is 0 Å². The van der Waals surface area contributed by atoms with Gasteiger partial charge < -0.3 is 10.1 Å². The lowest BCUT2D eigenvalue weighted by molar-refractivity contribution is 0.345. The monoisotopic (exact) mass is 218 g/mol. The third-order valence-electron chi connectivity index (χ3n) is 2.85. The second-order valence-electron chi connectivity index (χ2n) is 4.16. The van der Waals surface area contributed by atoms with Crippen LogP contribution in [-0.2, 0) is 6.42 Å². The first-order valence-electron chi connectivity index (χ1n) is 5.75. The first-order valence-corrected chi connectivity index (χ1v) is 5.75. The van der Waals surface area contributed by atoms with Gasteiger partial charge in [0.05, 0.1) is 6.61 Å². The summed E-state index contributed by atoms with van der Waals surface area (Å²) in [5, 5.41) is 3.21. The molecule has 1 aliphatic rings. The van der Waals surface area contributed by atoms with Gasteiger partial charge in [-0.15, -0.1) is 0 Å². The van der Waals surface area contributed by atoms with Crippen LogP contribution in [0.4, 0.5) is 0 Å². The molecule has 0 amide bonds. The lowest BCUT2D eigenvalue weighted by atomic mass is 10.1. The van der Waals surface area contributed by atoms with E-state index in [-0.39, 0.29) is 0 Å². The summed E-state index contributed by atoms with van der Waals surface area (Å²) in [5.41, 5.74) is 2.39. The van der Waals surface area contributed by atoms with Crippen LogP contribution in [0.1, 0.15) is 24.5 Å². The number of hydrogen-bond acceptors (Lipinski definition) is 3. The van der Waals surface area contributed by atoms with Crippen molar-refractivity contribution in [2.24, 2.45) is 0 Å². The number of nitrogens with one attached hydrogen (secondary N) is 1. The molecule has 16 heavy (non-hydrogen) atoms. The van der Waals surface area contributed by atoms with Gasteiger partial charge in [0.2, 0.25) is 5.88 Å². The lowest BCUT2D eigenvalue weighted by Crippen LogP contribution is -2.19. The lowest BCUT2D eigenvalue weighted by Gasteiger charge is -2.05. The van der Waals surface area contributed by atoms with E-state index < -0.39 is 0 Å². The molecule has 0 spiro atoms. The Hall–Kier alpha value is -1.35. The molecule has 1 atom stereocenters. The smallest absolute Gasteiger partial charge is 0.216 e. The highest BCUT2D eigenvalue weighted by atomic mass is 16.5. The van der Waals surface area contributed by atoms with Crippen molar-refractivity contribution in [3.8, 4) is 5.88 Å². The maximum Gasteiger partial charge on any atom is 0.216 e. The summed E-state index contributed by atoms with van der Waals surface area (Å²) in [7, 11) is 1.98. The number of pyridine rings is 1. The zero-order valence-electron chi connectivity index (χ0n) is 9.86. The second-order valence-corrected chi connectivity index (χ2v) is 4.16. The van der Waals surface area contributed by atoms with Crippen LogP contribution < -0.4 is 10.1 Å². The molecule has 0 radical (unpaired) electrons. The van der Waals surface area contributed by atoms with Crippen LogP contribution >= 0.6 is 0 Å². The van der Waals surface area contributed by atoms with Crippen molar-refractivity contribution in [3.63, 3.8) is 0 Å². The normalized spacial score (nSPS) is 16.1. The molecule has 1 aromatic heterocycles. The SMILES string of the molecule is CNC(C)C/C=C/c1cnc2c(c1)CCO2. The van der Waals surface area contributed by atoms with Gasteiger partial charge in [-0.05, 0) is 32.0 Å². The van der Waals surface area contributed by atoms with Crippen molar-refractivity contribution in [1.82, 2.24) is 10.3 Å². The Balaban J connectivity index is 2.00. The first kappa shape index (κ1) is 11.1. The number of aromatic nitrogens is 1. The number of ether oxygens (including phenoxy) is 1. The van der Waals surface area contributed by atoms with Crippen LogP contribution in [0.25, 0.3) is 6.08 Å². The minimum atomic E-state index is 0.516. The molecule has 3 heteroatoms. The van der Waals surface area contributed by atoms with Crippen molar-refractivity contribution in [2.45, 2.75) is 25.8 Å². The molecule has 86 valence electrons. The van der Waals surface area contributed by atoms with Crippen molar-refractivity contribution in [1.29, 1.82) is 0 Å². The zero-order valence-corrected chi connectivity index (χ0v) is 9.86. The van der Waals surface area contributed by atoms with Gasteiger partial charge in [-0.2, -0.15) is 0 Å². The van der Waals surface area contributed by atoms with E-state index in [4.69, 9.17) is 4.74 Å². The van der Waals surface area contributed by atoms with Crippen LogP contribution in [0.5, 0.6) is 5.88 Å². The quantitative estimate of drug-likeness (QED) is 0.839. The highest BCUT2D eigenvalue weighted by Crippen LogP contribution is 2.23. The van der Waals surface area contributed by atoms with E-state index in [9.17, 15) is 0 Å². The average Bonchev–Trinajstić information content (AvgIpc) is 2.76. The molecule has 0 aliphatic carbocycles. The average molecular weight is 218 g/mol. The Bertz CT molecular complexity index is 388. The number of nitrogens with zero attached hydrogens (tertiary/aromatic N) is 1. The Labute approximate surface area is 96.5 Å². The highest BCUT2D eigenvalue weighted by molar-refractivity contribution is 5.51. The molecule has 1 aromatic rings. The van der Waals surface area contributed by atoms with E-state index in [1.54, 1.807) is 0 Å². The van der Waals surface area contributed by atoms with Crippen molar-refractivity contribution in [3.05, 3.63) is 29.5 Å². The molecular weight excluding hydrogens is 200 g/mol. The molecule has 2 heterocycles. The van der Waals surface area contributed by atoms with E-state index in [2.05, 4.69) is 35.4 Å². The van der Waals surface area contributed by atoms with E-state index in [0.717, 1.165) is 30.9 Å². The predicted octanol–water partition coefficient (Wildman–Crippen LogP) is 2.03. The van der Waals surface area contributed by atoms with Gasteiger partial charge in [-0.1, -0.05) is 12.2 Å². The molecule has 1 unspecified atom stereocenters. The van der Waals surface area contributed by atoms with Crippen LogP contribution in [0.15, 0.2) is 18.3 Å². The van der Waals surface area contributed by atoms with Gasteiger partial charge in [0.15, 0.2) is 0 Å². The largest absolute Gasteiger partial charge is 0.477 e. The Morgan fingerprint density at radius 3 is 3.31 bits per heavy atom. The Morgan fingerprint density at radius 1 is 1.62 bits per heavy atom. The highest BCUT2D eigenvalue weighted by Gasteiger charge is 2.12. The number of hydrogen-bond donors (Lipinski definition) is 1. The fourth-order valence-corrected chi connectivity index (χ4v) is 1.70. The number of fused-ring (bicyclic) bond motifs is 1. The van der Waals surface area contributed by atoms with Crippen molar-refractivity contribution < 1.29 is 4.74 Å². The molecule has 0 bridgehead atoms. The summed E-state index contributed by atoms with van der Waals surface area (Å²) in [5.74, 6) is 0.806. The van der Waals surface area contributed by atoms with Crippen LogP contribution in [0, 0.1) is 0 Å². The van der Waals surface area contributed by atoms with E-state index in [0.29, 0.717) is 6.04 Å². The van der Waals surface area contributed by atoms with Gasteiger partial charge in [0, 0.05) is 24.2 Å². The predicted molar refractivity (Wildman–Crippen MR) is 65.6 cm³/mol. The van der Waals surface area contributed by atoms with Crippen LogP contribution in [0.3, 0.4) is 0 Å². The minimum Gasteiger partial charge on any atom is -0.477 e. The molecule has 0 aromatic carbocycles. The second kappa shape index (κ2) is 5.12. The molecule has 1 N–H and O–H groups in total. The summed E-state index contributed by atoms with van der Waals surface area (Å²) in [6, 6.07) is 2.68. The summed E-state index contributed by atoms with van der Waals surface area (Å²) in [4.78, 5) is 4.29. The number of rotatable bonds is 4. The summed E-state index contributed by atoms with van der Waals surface area (Å²) >= 11 is 0. The molecular formula is C13H18N2O. The van der Waals surface area contributed by atoms with Gasteiger partial charge in [0.25, 0.3) is 0 Å². The third-order valence-corrected chi connectivity index (χ3v) is 2.85. The molecule has 2 rings (SSSR count). The summed E-state index contributed by atoms with van der Waals surface area (Å²) in [6.45, 7) is 2.94. The summed E-state index contributed by atoms with van der Waals surface area (Å²) < 4.78 is 5.37. The van der Waals surface area contributed by atoms with Crippen molar-refractivity contribution >= 4 is 6.08 Å². The summed E-state index contributed by atoms with van der Waals surface area (Å²) in [6.07, 6.45) is 8.19. The third kappa shape index (κ3) is 2.61. The first-order chi connectivity index (χ1) is 7.79. The molecule has 0 saturated carbocycles. The van der Waals surface area contributed by atoms with Gasteiger partial charge >= 0.3 is 0 Å².